The molecule has 0 atom stereocenters. The molecule has 104 valence electrons. The Labute approximate surface area is 111 Å². The molecule has 1 fully saturated rings. The van der Waals surface area contributed by atoms with E-state index in [1.807, 2.05) is 0 Å². The summed E-state index contributed by atoms with van der Waals surface area (Å²) in [5.74, 6) is -1.08. The van der Waals surface area contributed by atoms with Gasteiger partial charge in [0.15, 0.2) is 4.75 Å². The number of amides is 1. The zero-order chi connectivity index (χ0) is 14.4. The van der Waals surface area contributed by atoms with Crippen LogP contribution < -0.4 is 5.73 Å². The lowest BCUT2D eigenvalue weighted by Gasteiger charge is -2.43. The van der Waals surface area contributed by atoms with Crippen molar-refractivity contribution in [1.82, 2.24) is 4.31 Å². The number of nitrogens with zero attached hydrogens (tertiary/aromatic N) is 1. The summed E-state index contributed by atoms with van der Waals surface area (Å²) in [5.41, 5.74) is 6.15. The van der Waals surface area contributed by atoms with E-state index in [9.17, 15) is 17.6 Å². The second kappa shape index (κ2) is 4.28. The quantitative estimate of drug-likeness (QED) is 0.888. The third-order valence-electron chi connectivity index (χ3n) is 3.34. The second-order valence-electron chi connectivity index (χ2n) is 4.96. The zero-order valence-corrected chi connectivity index (χ0v) is 11.5. The Kier molecular flexibility index (Phi) is 3.14. The van der Waals surface area contributed by atoms with Gasteiger partial charge in [0.2, 0.25) is 0 Å². The van der Waals surface area contributed by atoms with Gasteiger partial charge < -0.3 is 5.73 Å². The molecule has 0 saturated carbocycles. The molecule has 1 aliphatic heterocycles. The van der Waals surface area contributed by atoms with E-state index < -0.39 is 26.5 Å². The second-order valence-corrected chi connectivity index (χ2v) is 7.37. The average molecular weight is 286 g/mol. The van der Waals surface area contributed by atoms with Crippen LogP contribution >= 0.6 is 0 Å². The molecule has 1 aliphatic rings. The maximum Gasteiger partial charge on any atom is 0.259 e. The van der Waals surface area contributed by atoms with Gasteiger partial charge in [0.1, 0.15) is 5.82 Å². The van der Waals surface area contributed by atoms with Gasteiger partial charge in [-0.1, -0.05) is 12.1 Å². The van der Waals surface area contributed by atoms with Crippen LogP contribution in [-0.4, -0.2) is 23.4 Å². The van der Waals surface area contributed by atoms with Crippen molar-refractivity contribution in [1.29, 1.82) is 0 Å². The smallest absolute Gasteiger partial charge is 0.259 e. The normalized spacial score (nSPS) is 20.2. The van der Waals surface area contributed by atoms with Gasteiger partial charge in [0.25, 0.3) is 15.9 Å². The summed E-state index contributed by atoms with van der Waals surface area (Å²) in [6.07, 6.45) is 0. The Hall–Kier alpha value is -1.47. The summed E-state index contributed by atoms with van der Waals surface area (Å²) in [5, 5.41) is 0. The van der Waals surface area contributed by atoms with E-state index in [1.54, 1.807) is 6.07 Å². The lowest BCUT2D eigenvalue weighted by Crippen LogP contribution is -2.66. The van der Waals surface area contributed by atoms with Gasteiger partial charge in [-0.05, 0) is 25.5 Å². The van der Waals surface area contributed by atoms with E-state index in [1.165, 1.54) is 26.0 Å². The molecule has 0 aromatic heterocycles. The number of hydrogen-bond acceptors (Lipinski definition) is 4. The highest BCUT2D eigenvalue weighted by atomic mass is 32.2. The molecule has 0 bridgehead atoms. The third-order valence-corrected chi connectivity index (χ3v) is 5.68. The number of nitrogens with two attached hydrogens (primary N) is 1. The molecule has 0 spiro atoms. The molecule has 0 radical (unpaired) electrons. The fraction of sp³-hybridized carbons (Fsp3) is 0.417. The van der Waals surface area contributed by atoms with E-state index >= 15 is 0 Å². The van der Waals surface area contributed by atoms with Gasteiger partial charge in [0.05, 0.1) is 6.54 Å². The van der Waals surface area contributed by atoms with E-state index in [0.29, 0.717) is 9.87 Å². The van der Waals surface area contributed by atoms with Crippen molar-refractivity contribution in [3.8, 4) is 0 Å². The minimum absolute atomic E-state index is 0.157. The summed E-state index contributed by atoms with van der Waals surface area (Å²) in [6, 6.07) is 4.31. The molecule has 1 aromatic rings. The number of carbonyl (C=O) groups excluding carboxylic acids is 1. The zero-order valence-electron chi connectivity index (χ0n) is 10.7. The standard InChI is InChI=1S/C12H15FN2O3S/c1-12(2)11(16)15(19(12,17)18)7-9-4-3-8(6-14)5-10(9)13/h3-5H,6-7,14H2,1-2H3. The number of sulfonamides is 1. The minimum atomic E-state index is -3.69. The van der Waals surface area contributed by atoms with Crippen LogP contribution in [0.3, 0.4) is 0 Å². The van der Waals surface area contributed by atoms with Gasteiger partial charge in [-0.2, -0.15) is 0 Å². The van der Waals surface area contributed by atoms with Crippen LogP contribution in [0.25, 0.3) is 0 Å². The average Bonchev–Trinajstić information content (AvgIpc) is 2.35. The van der Waals surface area contributed by atoms with Crippen LogP contribution in [0.1, 0.15) is 25.0 Å². The van der Waals surface area contributed by atoms with Gasteiger partial charge in [-0.25, -0.2) is 17.1 Å². The molecule has 0 aliphatic carbocycles. The van der Waals surface area contributed by atoms with Crippen LogP contribution in [0.4, 0.5) is 4.39 Å². The van der Waals surface area contributed by atoms with E-state index in [-0.39, 0.29) is 18.7 Å². The number of hydrogen-bond donors (Lipinski definition) is 1. The van der Waals surface area contributed by atoms with Crippen LogP contribution in [0, 0.1) is 5.82 Å². The Morgan fingerprint density at radius 3 is 2.47 bits per heavy atom. The molecule has 5 nitrogen and oxygen atoms in total. The highest BCUT2D eigenvalue weighted by Crippen LogP contribution is 2.36. The molecule has 1 heterocycles. The predicted octanol–water partition coefficient (Wildman–Crippen LogP) is 0.735. The number of halogens is 1. The molecule has 2 rings (SSSR count). The van der Waals surface area contributed by atoms with E-state index in [2.05, 4.69) is 0 Å². The summed E-state index contributed by atoms with van der Waals surface area (Å²) in [6.45, 7) is 2.61. The fourth-order valence-electron chi connectivity index (χ4n) is 1.91. The largest absolute Gasteiger partial charge is 0.326 e. The Morgan fingerprint density at radius 1 is 1.37 bits per heavy atom. The Morgan fingerprint density at radius 2 is 2.00 bits per heavy atom. The summed E-state index contributed by atoms with van der Waals surface area (Å²) in [7, 11) is -3.69. The van der Waals surface area contributed by atoms with Crippen LogP contribution in [0.15, 0.2) is 18.2 Å². The minimum Gasteiger partial charge on any atom is -0.326 e. The van der Waals surface area contributed by atoms with Crippen molar-refractivity contribution in [3.05, 3.63) is 35.1 Å². The molecular weight excluding hydrogens is 271 g/mol. The van der Waals surface area contributed by atoms with Crippen LogP contribution in [0.5, 0.6) is 0 Å². The summed E-state index contributed by atoms with van der Waals surface area (Å²) >= 11 is 0. The SMILES string of the molecule is CC1(C)C(=O)N(Cc2ccc(CN)cc2F)S1(=O)=O. The molecule has 1 saturated heterocycles. The van der Waals surface area contributed by atoms with Crippen molar-refractivity contribution in [2.24, 2.45) is 5.73 Å². The highest BCUT2D eigenvalue weighted by Gasteiger charge is 2.59. The van der Waals surface area contributed by atoms with Gasteiger partial charge in [-0.3, -0.25) is 4.79 Å². The molecule has 19 heavy (non-hydrogen) atoms. The number of rotatable bonds is 3. The monoisotopic (exact) mass is 286 g/mol. The van der Waals surface area contributed by atoms with Gasteiger partial charge >= 0.3 is 0 Å². The Bertz CT molecular complexity index is 640. The topological polar surface area (TPSA) is 80.5 Å². The summed E-state index contributed by atoms with van der Waals surface area (Å²) < 4.78 is 36.8. The molecule has 1 amide bonds. The van der Waals surface area contributed by atoms with Gasteiger partial charge in [-0.15, -0.1) is 0 Å². The van der Waals surface area contributed by atoms with Crippen molar-refractivity contribution in [2.75, 3.05) is 0 Å². The van der Waals surface area contributed by atoms with Crippen molar-refractivity contribution in [3.63, 3.8) is 0 Å². The lowest BCUT2D eigenvalue weighted by molar-refractivity contribution is -0.132. The number of benzene rings is 1. The molecule has 2 N–H and O–H groups in total. The third kappa shape index (κ3) is 1.93. The maximum atomic E-state index is 13.7. The highest BCUT2D eigenvalue weighted by molar-refractivity contribution is 7.94. The fourth-order valence-corrected chi connectivity index (χ4v) is 3.42. The number of carbonyl (C=O) groups is 1. The predicted molar refractivity (Wildman–Crippen MR) is 67.8 cm³/mol. The van der Waals surface area contributed by atoms with E-state index in [4.69, 9.17) is 5.73 Å². The summed E-state index contributed by atoms with van der Waals surface area (Å²) in [4.78, 5) is 11.7. The molecule has 7 heteroatoms. The van der Waals surface area contributed by atoms with Crippen molar-refractivity contribution < 1.29 is 17.6 Å². The molecule has 1 aromatic carbocycles. The lowest BCUT2D eigenvalue weighted by atomic mass is 10.1. The first-order valence-corrected chi connectivity index (χ1v) is 7.20. The van der Waals surface area contributed by atoms with Crippen LogP contribution in [0.2, 0.25) is 0 Å². The molecular formula is C12H15FN2O3S. The Balaban J connectivity index is 2.27. The first kappa shape index (κ1) is 14.0. The van der Waals surface area contributed by atoms with Crippen molar-refractivity contribution >= 4 is 15.9 Å². The van der Waals surface area contributed by atoms with Gasteiger partial charge in [0, 0.05) is 12.1 Å². The first-order chi connectivity index (χ1) is 8.71. The molecule has 0 unspecified atom stereocenters. The first-order valence-electron chi connectivity index (χ1n) is 5.76. The van der Waals surface area contributed by atoms with E-state index in [0.717, 1.165) is 0 Å². The maximum absolute atomic E-state index is 13.7. The van der Waals surface area contributed by atoms with Crippen molar-refractivity contribution in [2.45, 2.75) is 31.7 Å². The van der Waals surface area contributed by atoms with Crippen LogP contribution in [-0.2, 0) is 27.9 Å².